The lowest BCUT2D eigenvalue weighted by Gasteiger charge is -2.38. The van der Waals surface area contributed by atoms with Crippen molar-refractivity contribution in [2.45, 2.75) is 37.0 Å². The Balaban J connectivity index is 1.22. The van der Waals surface area contributed by atoms with Gasteiger partial charge in [-0.25, -0.2) is 4.39 Å². The van der Waals surface area contributed by atoms with Crippen molar-refractivity contribution in [3.05, 3.63) is 66.1 Å². The molecule has 1 aliphatic rings. The maximum Gasteiger partial charge on any atom is 0.124 e. The Morgan fingerprint density at radius 1 is 1.15 bits per heavy atom. The summed E-state index contributed by atoms with van der Waals surface area (Å²) < 4.78 is 18.7. The summed E-state index contributed by atoms with van der Waals surface area (Å²) in [4.78, 5) is 7.97. The molecule has 0 aliphatic carbocycles. The van der Waals surface area contributed by atoms with Crippen molar-refractivity contribution in [1.82, 2.24) is 9.88 Å². The Morgan fingerprint density at radius 2 is 2.06 bits per heavy atom. The number of nitrogens with zero attached hydrogens (tertiary/aromatic N) is 2. The van der Waals surface area contributed by atoms with E-state index in [1.807, 2.05) is 24.4 Å². The molecular weight excluding hydrogens is 447 g/mol. The number of aliphatic hydroxyl groups excluding tert-OH is 1. The maximum absolute atomic E-state index is 13.3. The summed E-state index contributed by atoms with van der Waals surface area (Å²) in [5.41, 5.74) is 2.33. The van der Waals surface area contributed by atoms with Gasteiger partial charge < -0.3 is 14.7 Å². The monoisotopic (exact) mass is 482 g/mol. The van der Waals surface area contributed by atoms with E-state index in [0.29, 0.717) is 11.8 Å². The molecule has 182 valence electrons. The van der Waals surface area contributed by atoms with Crippen molar-refractivity contribution in [3.8, 4) is 5.75 Å². The van der Waals surface area contributed by atoms with Gasteiger partial charge in [-0.3, -0.25) is 4.98 Å². The van der Waals surface area contributed by atoms with E-state index in [1.54, 1.807) is 31.0 Å². The molecule has 1 saturated heterocycles. The number of benzene rings is 2. The lowest BCUT2D eigenvalue weighted by Crippen LogP contribution is -2.42. The van der Waals surface area contributed by atoms with Crippen LogP contribution >= 0.6 is 11.8 Å². The molecule has 0 amide bonds. The molecule has 2 aromatic carbocycles. The van der Waals surface area contributed by atoms with Crippen LogP contribution in [0.4, 0.5) is 4.39 Å². The first kappa shape index (κ1) is 25.0. The number of fused-ring (bicyclic) bond motifs is 1. The molecule has 0 bridgehead atoms. The largest absolute Gasteiger partial charge is 0.497 e. The van der Waals surface area contributed by atoms with Crippen LogP contribution in [0.3, 0.4) is 0 Å². The highest BCUT2D eigenvalue weighted by molar-refractivity contribution is 7.99. The second kappa shape index (κ2) is 12.5. The molecule has 1 N–H and O–H groups in total. The number of halogens is 1. The zero-order valence-corrected chi connectivity index (χ0v) is 20.8. The number of aliphatic hydroxyl groups is 1. The molecule has 4 nitrogen and oxygen atoms in total. The molecule has 6 heteroatoms. The maximum atomic E-state index is 13.3. The summed E-state index contributed by atoms with van der Waals surface area (Å²) in [5, 5.41) is 11.2. The number of hydrogen-bond acceptors (Lipinski definition) is 5. The Morgan fingerprint density at radius 3 is 2.88 bits per heavy atom. The summed E-state index contributed by atoms with van der Waals surface area (Å²) in [7, 11) is 1.70. The van der Waals surface area contributed by atoms with Gasteiger partial charge in [0.2, 0.25) is 0 Å². The van der Waals surface area contributed by atoms with Gasteiger partial charge in [0, 0.05) is 29.6 Å². The predicted octanol–water partition coefficient (Wildman–Crippen LogP) is 5.82. The van der Waals surface area contributed by atoms with Crippen LogP contribution in [0, 0.1) is 17.7 Å². The van der Waals surface area contributed by atoms with Gasteiger partial charge in [0.15, 0.2) is 0 Å². The lowest BCUT2D eigenvalue weighted by atomic mass is 9.82. The SMILES string of the molecule is COc1ccc2nccc(CCC[C@@H]3CCN(CCCSc4cccc(F)c4)C[C@@H]3CO)c2c1. The second-order valence-electron chi connectivity index (χ2n) is 9.20. The van der Waals surface area contributed by atoms with Crippen molar-refractivity contribution in [3.63, 3.8) is 0 Å². The number of methoxy groups -OCH3 is 1. The summed E-state index contributed by atoms with van der Waals surface area (Å²) >= 11 is 1.71. The van der Waals surface area contributed by atoms with Gasteiger partial charge in [0.05, 0.1) is 12.6 Å². The standard InChI is InChI=1S/C28H35FN2O2S/c1-33-25-9-10-28-27(18-25)22(11-13-30-28)6-2-5-21-12-15-31(19-23(21)20-32)14-4-16-34-26-8-3-7-24(29)17-26/h3,7-11,13,17-18,21,23,32H,2,4-6,12,14-16,19-20H2,1H3/t21-,23-/m1/s1. The fourth-order valence-electron chi connectivity index (χ4n) is 5.06. The van der Waals surface area contributed by atoms with Crippen molar-refractivity contribution >= 4 is 22.7 Å². The van der Waals surface area contributed by atoms with Crippen molar-refractivity contribution in [2.24, 2.45) is 11.8 Å². The second-order valence-corrected chi connectivity index (χ2v) is 10.4. The number of thioether (sulfide) groups is 1. The summed E-state index contributed by atoms with van der Waals surface area (Å²) in [6, 6.07) is 15.0. The highest BCUT2D eigenvalue weighted by atomic mass is 32.2. The molecule has 1 aliphatic heterocycles. The van der Waals surface area contributed by atoms with E-state index in [9.17, 15) is 9.50 Å². The van der Waals surface area contributed by atoms with E-state index in [0.717, 1.165) is 73.7 Å². The fourth-order valence-corrected chi connectivity index (χ4v) is 5.94. The van der Waals surface area contributed by atoms with Crippen molar-refractivity contribution < 1.29 is 14.2 Å². The summed E-state index contributed by atoms with van der Waals surface area (Å²) in [6.07, 6.45) is 7.38. The lowest BCUT2D eigenvalue weighted by molar-refractivity contribution is 0.0677. The van der Waals surface area contributed by atoms with E-state index in [2.05, 4.69) is 22.0 Å². The number of piperidine rings is 1. The topological polar surface area (TPSA) is 45.6 Å². The highest BCUT2D eigenvalue weighted by Gasteiger charge is 2.28. The van der Waals surface area contributed by atoms with Crippen molar-refractivity contribution in [2.75, 3.05) is 39.1 Å². The number of rotatable bonds is 11. The molecule has 1 aromatic heterocycles. The molecule has 2 atom stereocenters. The first-order valence-corrected chi connectivity index (χ1v) is 13.3. The third-order valence-corrected chi connectivity index (χ3v) is 8.03. The third-order valence-electron chi connectivity index (χ3n) is 6.95. The van der Waals surface area contributed by atoms with Crippen LogP contribution in [-0.2, 0) is 6.42 Å². The van der Waals surface area contributed by atoms with Crippen LogP contribution in [0.25, 0.3) is 10.9 Å². The van der Waals surface area contributed by atoms with E-state index in [1.165, 1.54) is 17.0 Å². The molecule has 3 aromatic rings. The molecule has 0 radical (unpaired) electrons. The first-order valence-electron chi connectivity index (χ1n) is 12.3. The van der Waals surface area contributed by atoms with E-state index in [-0.39, 0.29) is 12.4 Å². The minimum Gasteiger partial charge on any atom is -0.497 e. The molecule has 0 unspecified atom stereocenters. The fraction of sp³-hybridized carbons (Fsp3) is 0.464. The number of likely N-dealkylation sites (tertiary alicyclic amines) is 1. The van der Waals surface area contributed by atoms with Gasteiger partial charge in [-0.2, -0.15) is 0 Å². The summed E-state index contributed by atoms with van der Waals surface area (Å²) in [6.45, 7) is 3.37. The third kappa shape index (κ3) is 6.71. The van der Waals surface area contributed by atoms with Crippen LogP contribution in [-0.4, -0.2) is 54.1 Å². The number of pyridine rings is 1. The van der Waals surface area contributed by atoms with E-state index < -0.39 is 0 Å². The Kier molecular flexibility index (Phi) is 9.19. The molecule has 1 fully saturated rings. The Labute approximate surface area is 206 Å². The molecule has 2 heterocycles. The van der Waals surface area contributed by atoms with Gasteiger partial charge in [-0.1, -0.05) is 6.07 Å². The van der Waals surface area contributed by atoms with Gasteiger partial charge >= 0.3 is 0 Å². The molecular formula is C28H35FN2O2S. The van der Waals surface area contributed by atoms with Crippen LogP contribution < -0.4 is 4.74 Å². The molecule has 34 heavy (non-hydrogen) atoms. The minimum absolute atomic E-state index is 0.172. The number of aryl methyl sites for hydroxylation is 1. The van der Waals surface area contributed by atoms with Crippen molar-refractivity contribution in [1.29, 1.82) is 0 Å². The highest BCUT2D eigenvalue weighted by Crippen LogP contribution is 2.30. The van der Waals surface area contributed by atoms with E-state index in [4.69, 9.17) is 4.74 Å². The summed E-state index contributed by atoms with van der Waals surface area (Å²) in [5.74, 6) is 2.60. The van der Waals surface area contributed by atoms with Gasteiger partial charge in [-0.15, -0.1) is 11.8 Å². The van der Waals surface area contributed by atoms with Crippen LogP contribution in [0.15, 0.2) is 59.6 Å². The molecule has 0 saturated carbocycles. The quantitative estimate of drug-likeness (QED) is 0.276. The van der Waals surface area contributed by atoms with Crippen LogP contribution in [0.5, 0.6) is 5.75 Å². The Hall–Kier alpha value is -2.15. The van der Waals surface area contributed by atoms with Gasteiger partial charge in [-0.05, 0) is 111 Å². The van der Waals surface area contributed by atoms with E-state index >= 15 is 0 Å². The molecule has 0 spiro atoms. The van der Waals surface area contributed by atoms with Gasteiger partial charge in [0.25, 0.3) is 0 Å². The number of hydrogen-bond donors (Lipinski definition) is 1. The zero-order chi connectivity index (χ0) is 23.8. The molecule has 4 rings (SSSR count). The smallest absolute Gasteiger partial charge is 0.124 e. The Bertz CT molecular complexity index is 1060. The number of aromatic nitrogens is 1. The van der Waals surface area contributed by atoms with Gasteiger partial charge in [0.1, 0.15) is 11.6 Å². The predicted molar refractivity (Wildman–Crippen MR) is 138 cm³/mol. The zero-order valence-electron chi connectivity index (χ0n) is 20.0. The van der Waals surface area contributed by atoms with Crippen LogP contribution in [0.2, 0.25) is 0 Å². The average molecular weight is 483 g/mol. The first-order chi connectivity index (χ1) is 16.7. The minimum atomic E-state index is -0.172. The number of ether oxygens (including phenoxy) is 1. The normalized spacial score (nSPS) is 18.9. The average Bonchev–Trinajstić information content (AvgIpc) is 2.87. The van der Waals surface area contributed by atoms with Crippen LogP contribution in [0.1, 0.15) is 31.2 Å².